The van der Waals surface area contributed by atoms with Crippen molar-refractivity contribution in [3.05, 3.63) is 90.8 Å². The molecule has 0 aliphatic rings. The second-order valence-electron chi connectivity index (χ2n) is 7.22. The molecule has 8 heteroatoms. The molecule has 0 radical (unpaired) electrons. The highest BCUT2D eigenvalue weighted by Gasteiger charge is 2.17. The lowest BCUT2D eigenvalue weighted by Gasteiger charge is -2.04. The molecule has 0 saturated carbocycles. The number of nitrogens with zero attached hydrogens (tertiary/aromatic N) is 2. The number of hydrogen-bond donors (Lipinski definition) is 0. The van der Waals surface area contributed by atoms with Crippen molar-refractivity contribution in [1.29, 1.82) is 5.26 Å². The highest BCUT2D eigenvalue weighted by Crippen LogP contribution is 2.09. The summed E-state index contributed by atoms with van der Waals surface area (Å²) in [5.74, 6) is -0.883. The Morgan fingerprint density at radius 3 is 2.41 bits per heavy atom. The topological polar surface area (TPSA) is 98.4 Å². The summed E-state index contributed by atoms with van der Waals surface area (Å²) in [6.07, 6.45) is 2.24. The fraction of sp³-hybridized carbons (Fsp3) is 0.231. The van der Waals surface area contributed by atoms with Gasteiger partial charge < -0.3 is 9.47 Å². The third-order valence-corrected chi connectivity index (χ3v) is 6.13. The minimum atomic E-state index is -0.450. The minimum Gasteiger partial charge on any atom is -0.465 e. The smallest absolute Gasteiger partial charge is 0.337 e. The van der Waals surface area contributed by atoms with Crippen LogP contribution < -0.4 is 14.8 Å². The second kappa shape index (κ2) is 11.9. The highest BCUT2D eigenvalue weighted by atomic mass is 32.1. The first kappa shape index (κ1) is 24.8. The van der Waals surface area contributed by atoms with Crippen molar-refractivity contribution in [2.24, 2.45) is 0 Å². The molecule has 0 atom stereocenters. The lowest BCUT2D eigenvalue weighted by atomic mass is 10.1. The third kappa shape index (κ3) is 5.76. The van der Waals surface area contributed by atoms with Crippen molar-refractivity contribution < 1.29 is 19.1 Å². The normalized spacial score (nSPS) is 12.2. The zero-order valence-electron chi connectivity index (χ0n) is 18.9. The van der Waals surface area contributed by atoms with E-state index < -0.39 is 11.8 Å². The van der Waals surface area contributed by atoms with Crippen LogP contribution in [0.3, 0.4) is 0 Å². The van der Waals surface area contributed by atoms with Crippen molar-refractivity contribution in [2.45, 2.75) is 19.9 Å². The Hall–Kier alpha value is -3.80. The lowest BCUT2D eigenvalue weighted by molar-refractivity contribution is 0.0600. The zero-order valence-corrected chi connectivity index (χ0v) is 19.8. The Morgan fingerprint density at radius 2 is 1.79 bits per heavy atom. The van der Waals surface area contributed by atoms with Gasteiger partial charge in [0.1, 0.15) is 16.3 Å². The number of carbonyl (C=O) groups is 2. The van der Waals surface area contributed by atoms with Gasteiger partial charge in [-0.25, -0.2) is 4.79 Å². The first-order valence-corrected chi connectivity index (χ1v) is 11.5. The van der Waals surface area contributed by atoms with Gasteiger partial charge in [0.15, 0.2) is 0 Å². The summed E-state index contributed by atoms with van der Waals surface area (Å²) >= 11 is 1.10. The van der Waals surface area contributed by atoms with E-state index in [4.69, 9.17) is 9.47 Å². The molecule has 3 aromatic rings. The Kier molecular flexibility index (Phi) is 8.68. The van der Waals surface area contributed by atoms with Gasteiger partial charge in [-0.1, -0.05) is 42.5 Å². The maximum atomic E-state index is 13.3. The average Bonchev–Trinajstić information content (AvgIpc) is 3.17. The predicted octanol–water partition coefficient (Wildman–Crippen LogP) is 2.51. The molecule has 1 heterocycles. The van der Waals surface area contributed by atoms with E-state index in [0.717, 1.165) is 11.3 Å². The second-order valence-corrected chi connectivity index (χ2v) is 8.25. The van der Waals surface area contributed by atoms with Crippen LogP contribution in [0.4, 0.5) is 0 Å². The number of rotatable bonds is 9. The fourth-order valence-electron chi connectivity index (χ4n) is 3.29. The quantitative estimate of drug-likeness (QED) is 0.267. The predicted molar refractivity (Wildman–Crippen MR) is 130 cm³/mol. The summed E-state index contributed by atoms with van der Waals surface area (Å²) in [6.45, 7) is 3.22. The largest absolute Gasteiger partial charge is 0.465 e. The van der Waals surface area contributed by atoms with Crippen LogP contribution >= 0.6 is 11.3 Å². The number of benzene rings is 2. The van der Waals surface area contributed by atoms with E-state index in [0.29, 0.717) is 52.1 Å². The molecule has 174 valence electrons. The molecule has 7 nitrogen and oxygen atoms in total. The van der Waals surface area contributed by atoms with E-state index in [-0.39, 0.29) is 11.1 Å². The fourth-order valence-corrected chi connectivity index (χ4v) is 4.42. The third-order valence-electron chi connectivity index (χ3n) is 5.00. The molecule has 0 aliphatic carbocycles. The maximum Gasteiger partial charge on any atom is 0.337 e. The molecule has 2 aromatic carbocycles. The van der Waals surface area contributed by atoms with E-state index in [1.807, 2.05) is 13.0 Å². The highest BCUT2D eigenvalue weighted by molar-refractivity contribution is 7.07. The molecular weight excluding hydrogens is 452 g/mol. The Morgan fingerprint density at radius 1 is 1.09 bits per heavy atom. The molecule has 0 fully saturated rings. The summed E-state index contributed by atoms with van der Waals surface area (Å²) < 4.78 is 12.3. The van der Waals surface area contributed by atoms with Crippen LogP contribution in [0.5, 0.6) is 0 Å². The number of esters is 1. The molecule has 0 amide bonds. The number of ketones is 1. The Bertz CT molecular complexity index is 1380. The SMILES string of the molecule is CCOCCCn1c(=O)/c(=C\c2ccc(C(=O)OC)cc2)s/c1=C(/C#N)C(=O)c1ccccc1. The van der Waals surface area contributed by atoms with Crippen LogP contribution in [0.25, 0.3) is 11.6 Å². The molecule has 3 rings (SSSR count). The first-order valence-electron chi connectivity index (χ1n) is 10.7. The van der Waals surface area contributed by atoms with Crippen molar-refractivity contribution in [3.63, 3.8) is 0 Å². The van der Waals surface area contributed by atoms with Crippen molar-refractivity contribution in [1.82, 2.24) is 4.57 Å². The van der Waals surface area contributed by atoms with Crippen molar-refractivity contribution in [3.8, 4) is 6.07 Å². The van der Waals surface area contributed by atoms with Crippen LogP contribution in [0.1, 0.15) is 39.6 Å². The monoisotopic (exact) mass is 476 g/mol. The molecule has 34 heavy (non-hydrogen) atoms. The number of aromatic nitrogens is 1. The number of nitriles is 1. The lowest BCUT2D eigenvalue weighted by Crippen LogP contribution is -2.33. The van der Waals surface area contributed by atoms with Crippen LogP contribution in [-0.4, -0.2) is 36.6 Å². The molecule has 0 unspecified atom stereocenters. The van der Waals surface area contributed by atoms with Gasteiger partial charge in [0, 0.05) is 25.3 Å². The van der Waals surface area contributed by atoms with E-state index in [1.54, 1.807) is 60.7 Å². The number of Topliss-reactive ketones (excluding diaryl/α,β-unsaturated/α-hetero) is 1. The summed E-state index contributed by atoms with van der Waals surface area (Å²) in [5.41, 5.74) is 1.11. The van der Waals surface area contributed by atoms with E-state index in [1.165, 1.54) is 11.7 Å². The average molecular weight is 477 g/mol. The van der Waals surface area contributed by atoms with Gasteiger partial charge in [-0.15, -0.1) is 11.3 Å². The van der Waals surface area contributed by atoms with Gasteiger partial charge in [-0.2, -0.15) is 5.26 Å². The zero-order chi connectivity index (χ0) is 24.5. The first-order chi connectivity index (χ1) is 16.5. The number of carbonyl (C=O) groups excluding carboxylic acids is 2. The van der Waals surface area contributed by atoms with Crippen LogP contribution in [0.2, 0.25) is 0 Å². The number of hydrogen-bond acceptors (Lipinski definition) is 7. The summed E-state index contributed by atoms with van der Waals surface area (Å²) in [4.78, 5) is 38.0. The van der Waals surface area contributed by atoms with E-state index >= 15 is 0 Å². The van der Waals surface area contributed by atoms with Gasteiger partial charge in [0.25, 0.3) is 5.56 Å². The van der Waals surface area contributed by atoms with Gasteiger partial charge in [-0.3, -0.25) is 14.2 Å². The standard InChI is InChI=1S/C26H24N2O5S/c1-3-33-15-7-14-28-24(30)22(16-18-10-12-20(13-11-18)26(31)32-2)34-25(28)21(17-27)23(29)19-8-5-4-6-9-19/h4-6,8-13,16H,3,7,14-15H2,1-2H3/b22-16+,25-21-. The van der Waals surface area contributed by atoms with E-state index in [9.17, 15) is 19.6 Å². The molecular formula is C26H24N2O5S. The van der Waals surface area contributed by atoms with Crippen molar-refractivity contribution in [2.75, 3.05) is 20.3 Å². The minimum absolute atomic E-state index is 0.0783. The number of ether oxygens (including phenoxy) is 2. The molecule has 0 N–H and O–H groups in total. The maximum absolute atomic E-state index is 13.3. The molecule has 0 bridgehead atoms. The molecule has 1 aromatic heterocycles. The summed E-state index contributed by atoms with van der Waals surface area (Å²) in [6, 6.07) is 17.2. The van der Waals surface area contributed by atoms with E-state index in [2.05, 4.69) is 0 Å². The van der Waals surface area contributed by atoms with Crippen LogP contribution in [0.15, 0.2) is 59.4 Å². The van der Waals surface area contributed by atoms with Gasteiger partial charge in [0.05, 0.1) is 17.2 Å². The van der Waals surface area contributed by atoms with Crippen molar-refractivity contribution >= 4 is 34.7 Å². The van der Waals surface area contributed by atoms with Crippen LogP contribution in [-0.2, 0) is 16.0 Å². The molecule has 0 saturated heterocycles. The summed E-state index contributed by atoms with van der Waals surface area (Å²) in [5, 5.41) is 9.85. The number of methoxy groups -OCH3 is 1. The molecule has 0 spiro atoms. The summed E-state index contributed by atoms with van der Waals surface area (Å²) in [7, 11) is 1.31. The van der Waals surface area contributed by atoms with Gasteiger partial charge >= 0.3 is 5.97 Å². The van der Waals surface area contributed by atoms with Gasteiger partial charge in [-0.05, 0) is 37.1 Å². The molecule has 0 aliphatic heterocycles. The van der Waals surface area contributed by atoms with Gasteiger partial charge in [0.2, 0.25) is 5.78 Å². The van der Waals surface area contributed by atoms with Crippen LogP contribution in [0, 0.1) is 11.3 Å². The Labute approximate surface area is 200 Å². The number of thiazole rings is 1. The Balaban J connectivity index is 2.14.